The Morgan fingerprint density at radius 3 is 2.74 bits per heavy atom. The molecule has 2 aromatic heterocycles. The van der Waals surface area contributed by atoms with E-state index in [4.69, 9.17) is 4.52 Å². The highest BCUT2D eigenvalue weighted by atomic mass is 32.1. The standard InChI is InChI=1S/C18H25N5O3S/c1-13(2)19-15(24)11-22-6-8-23(9-7-22)17(25)4-3-16-20-18(21-26-16)14-5-10-27-12-14/h5,10,12-13H,3-4,6-9,11H2,1-2H3,(H,19,24). The minimum absolute atomic E-state index is 0.0302. The van der Waals surface area contributed by atoms with Crippen LogP contribution in [0.25, 0.3) is 11.4 Å². The van der Waals surface area contributed by atoms with Crippen molar-refractivity contribution in [3.63, 3.8) is 0 Å². The smallest absolute Gasteiger partial charge is 0.234 e. The molecular weight excluding hydrogens is 366 g/mol. The molecule has 1 aliphatic heterocycles. The Hall–Kier alpha value is -2.26. The summed E-state index contributed by atoms with van der Waals surface area (Å²) < 4.78 is 5.24. The second kappa shape index (κ2) is 9.09. The van der Waals surface area contributed by atoms with Gasteiger partial charge in [-0.2, -0.15) is 16.3 Å². The van der Waals surface area contributed by atoms with E-state index >= 15 is 0 Å². The summed E-state index contributed by atoms with van der Waals surface area (Å²) >= 11 is 1.58. The molecule has 1 aliphatic rings. The fourth-order valence-electron chi connectivity index (χ4n) is 2.96. The SMILES string of the molecule is CC(C)NC(=O)CN1CCN(C(=O)CCc2nc(-c3ccsc3)no2)CC1. The van der Waals surface area contributed by atoms with E-state index in [-0.39, 0.29) is 17.9 Å². The van der Waals surface area contributed by atoms with Gasteiger partial charge in [0.2, 0.25) is 23.5 Å². The first-order chi connectivity index (χ1) is 13.0. The van der Waals surface area contributed by atoms with Crippen LogP contribution in [-0.4, -0.2) is 70.5 Å². The van der Waals surface area contributed by atoms with Gasteiger partial charge in [-0.05, 0) is 25.3 Å². The van der Waals surface area contributed by atoms with Crippen LogP contribution in [0.4, 0.5) is 0 Å². The summed E-state index contributed by atoms with van der Waals surface area (Å²) in [5.41, 5.74) is 0.930. The maximum atomic E-state index is 12.4. The zero-order chi connectivity index (χ0) is 19.2. The zero-order valence-electron chi connectivity index (χ0n) is 15.7. The van der Waals surface area contributed by atoms with Gasteiger partial charge in [0, 0.05) is 56.0 Å². The van der Waals surface area contributed by atoms with Crippen molar-refractivity contribution in [3.05, 3.63) is 22.7 Å². The predicted octanol–water partition coefficient (Wildman–Crippen LogP) is 1.40. The molecule has 0 bridgehead atoms. The van der Waals surface area contributed by atoms with Gasteiger partial charge in [-0.15, -0.1) is 0 Å². The Bertz CT molecular complexity index is 751. The summed E-state index contributed by atoms with van der Waals surface area (Å²) in [6.45, 7) is 6.96. The quantitative estimate of drug-likeness (QED) is 0.767. The number of carbonyl (C=O) groups is 2. The number of hydrogen-bond donors (Lipinski definition) is 1. The van der Waals surface area contributed by atoms with E-state index < -0.39 is 0 Å². The average molecular weight is 391 g/mol. The number of nitrogens with zero attached hydrogens (tertiary/aromatic N) is 4. The second-order valence-electron chi connectivity index (χ2n) is 6.90. The van der Waals surface area contributed by atoms with E-state index in [1.54, 1.807) is 11.3 Å². The van der Waals surface area contributed by atoms with Crippen molar-refractivity contribution in [2.45, 2.75) is 32.7 Å². The van der Waals surface area contributed by atoms with Crippen LogP contribution in [0.1, 0.15) is 26.2 Å². The molecule has 1 saturated heterocycles. The molecule has 9 heteroatoms. The largest absolute Gasteiger partial charge is 0.353 e. The maximum absolute atomic E-state index is 12.4. The Morgan fingerprint density at radius 1 is 1.30 bits per heavy atom. The number of piperazine rings is 1. The molecule has 0 unspecified atom stereocenters. The number of carbonyl (C=O) groups excluding carboxylic acids is 2. The number of aromatic nitrogens is 2. The third-order valence-electron chi connectivity index (χ3n) is 4.34. The highest BCUT2D eigenvalue weighted by molar-refractivity contribution is 7.08. The summed E-state index contributed by atoms with van der Waals surface area (Å²) in [6, 6.07) is 2.08. The minimum Gasteiger partial charge on any atom is -0.353 e. The van der Waals surface area contributed by atoms with Crippen molar-refractivity contribution >= 4 is 23.2 Å². The zero-order valence-corrected chi connectivity index (χ0v) is 16.5. The van der Waals surface area contributed by atoms with Crippen molar-refractivity contribution in [2.75, 3.05) is 32.7 Å². The molecule has 27 heavy (non-hydrogen) atoms. The summed E-state index contributed by atoms with van der Waals surface area (Å²) in [4.78, 5) is 32.5. The lowest BCUT2D eigenvalue weighted by atomic mass is 10.2. The first-order valence-electron chi connectivity index (χ1n) is 9.16. The van der Waals surface area contributed by atoms with Crippen LogP contribution in [0.3, 0.4) is 0 Å². The van der Waals surface area contributed by atoms with E-state index in [0.717, 1.165) is 5.56 Å². The van der Waals surface area contributed by atoms with E-state index in [2.05, 4.69) is 20.4 Å². The van der Waals surface area contributed by atoms with Gasteiger partial charge in [0.1, 0.15) is 0 Å². The number of aryl methyl sites for hydroxylation is 1. The van der Waals surface area contributed by atoms with E-state index in [0.29, 0.717) is 57.3 Å². The maximum Gasteiger partial charge on any atom is 0.234 e. The highest BCUT2D eigenvalue weighted by Gasteiger charge is 2.23. The molecule has 2 amide bonds. The molecule has 0 radical (unpaired) electrons. The normalized spacial score (nSPS) is 15.3. The predicted molar refractivity (Wildman–Crippen MR) is 102 cm³/mol. The van der Waals surface area contributed by atoms with Crippen LogP contribution in [-0.2, 0) is 16.0 Å². The molecule has 0 spiro atoms. The second-order valence-corrected chi connectivity index (χ2v) is 7.68. The van der Waals surface area contributed by atoms with Crippen LogP contribution in [0.15, 0.2) is 21.3 Å². The fourth-order valence-corrected chi connectivity index (χ4v) is 3.60. The van der Waals surface area contributed by atoms with Gasteiger partial charge in [-0.1, -0.05) is 5.16 Å². The number of amides is 2. The molecule has 8 nitrogen and oxygen atoms in total. The van der Waals surface area contributed by atoms with Gasteiger partial charge in [0.05, 0.1) is 6.54 Å². The highest BCUT2D eigenvalue weighted by Crippen LogP contribution is 2.19. The third-order valence-corrected chi connectivity index (χ3v) is 5.03. The van der Waals surface area contributed by atoms with Crippen LogP contribution >= 0.6 is 11.3 Å². The Morgan fingerprint density at radius 2 is 2.07 bits per heavy atom. The van der Waals surface area contributed by atoms with Gasteiger partial charge in [0.25, 0.3) is 0 Å². The van der Waals surface area contributed by atoms with Crippen LogP contribution in [0, 0.1) is 0 Å². The summed E-state index contributed by atoms with van der Waals surface area (Å²) in [5, 5.41) is 10.8. The third kappa shape index (κ3) is 5.61. The fraction of sp³-hybridized carbons (Fsp3) is 0.556. The molecule has 3 heterocycles. The van der Waals surface area contributed by atoms with Crippen LogP contribution in [0.2, 0.25) is 0 Å². The topological polar surface area (TPSA) is 91.6 Å². The molecule has 0 aliphatic carbocycles. The lowest BCUT2D eigenvalue weighted by Gasteiger charge is -2.34. The van der Waals surface area contributed by atoms with Crippen molar-refractivity contribution in [1.82, 2.24) is 25.3 Å². The molecule has 1 fully saturated rings. The summed E-state index contributed by atoms with van der Waals surface area (Å²) in [6.07, 6.45) is 0.784. The molecule has 2 aromatic rings. The van der Waals surface area contributed by atoms with E-state index in [1.807, 2.05) is 35.6 Å². The first-order valence-corrected chi connectivity index (χ1v) is 10.1. The molecule has 3 rings (SSSR count). The number of rotatable bonds is 7. The van der Waals surface area contributed by atoms with E-state index in [1.165, 1.54) is 0 Å². The van der Waals surface area contributed by atoms with Crippen molar-refractivity contribution in [3.8, 4) is 11.4 Å². The molecule has 0 atom stereocenters. The average Bonchev–Trinajstić information content (AvgIpc) is 3.31. The lowest BCUT2D eigenvalue weighted by Crippen LogP contribution is -2.51. The lowest BCUT2D eigenvalue weighted by molar-refractivity contribution is -0.133. The molecule has 146 valence electrons. The molecule has 1 N–H and O–H groups in total. The van der Waals surface area contributed by atoms with Gasteiger partial charge < -0.3 is 14.7 Å². The van der Waals surface area contributed by atoms with Crippen molar-refractivity contribution in [1.29, 1.82) is 0 Å². The van der Waals surface area contributed by atoms with E-state index in [9.17, 15) is 9.59 Å². The Labute approximate surface area is 162 Å². The van der Waals surface area contributed by atoms with Crippen LogP contribution < -0.4 is 5.32 Å². The van der Waals surface area contributed by atoms with Crippen molar-refractivity contribution in [2.24, 2.45) is 0 Å². The van der Waals surface area contributed by atoms with Crippen molar-refractivity contribution < 1.29 is 14.1 Å². The van der Waals surface area contributed by atoms with Crippen LogP contribution in [0.5, 0.6) is 0 Å². The first kappa shape index (κ1) is 19.5. The molecular formula is C18H25N5O3S. The monoisotopic (exact) mass is 391 g/mol. The Kier molecular flexibility index (Phi) is 6.57. The minimum atomic E-state index is 0.0302. The molecule has 0 saturated carbocycles. The number of hydrogen-bond acceptors (Lipinski definition) is 7. The Balaban J connectivity index is 1.40. The number of thiophene rings is 1. The molecule has 0 aromatic carbocycles. The van der Waals surface area contributed by atoms with Gasteiger partial charge in [0.15, 0.2) is 0 Å². The summed E-state index contributed by atoms with van der Waals surface area (Å²) in [7, 11) is 0. The summed E-state index contributed by atoms with van der Waals surface area (Å²) in [5.74, 6) is 1.15. The van der Waals surface area contributed by atoms with Gasteiger partial charge in [-0.3, -0.25) is 14.5 Å². The van der Waals surface area contributed by atoms with Gasteiger partial charge in [-0.25, -0.2) is 0 Å². The number of nitrogens with one attached hydrogen (secondary N) is 1. The van der Waals surface area contributed by atoms with Gasteiger partial charge >= 0.3 is 0 Å².